The highest BCUT2D eigenvalue weighted by Gasteiger charge is 2.37. The molecule has 1 N–H and O–H groups in total. The first kappa shape index (κ1) is 14.4. The van der Waals surface area contributed by atoms with Crippen LogP contribution in [0.15, 0.2) is 24.3 Å². The lowest BCUT2D eigenvalue weighted by molar-refractivity contribution is -0.137. The number of likely N-dealkylation sites (tertiary alicyclic amines) is 1. The molecule has 1 amide bonds. The van der Waals surface area contributed by atoms with Crippen LogP contribution in [0.1, 0.15) is 31.4 Å². The Kier molecular flexibility index (Phi) is 4.15. The number of carbonyl (C=O) groups is 1. The standard InChI is InChI=1S/C17H24N2O2/c1-12-10-18-11-15(12)17(20)19-8-4-7-16(19)13-5-3-6-14(9-13)21-2/h3,5-6,9,12,15-16,18H,4,7-8,10-11H2,1-2H3. The first-order chi connectivity index (χ1) is 10.2. The van der Waals surface area contributed by atoms with Gasteiger partial charge in [0.1, 0.15) is 5.75 Å². The topological polar surface area (TPSA) is 41.6 Å². The van der Waals surface area contributed by atoms with Gasteiger partial charge in [-0.2, -0.15) is 0 Å². The lowest BCUT2D eigenvalue weighted by atomic mass is 9.95. The van der Waals surface area contributed by atoms with Crippen LogP contribution in [-0.4, -0.2) is 37.6 Å². The van der Waals surface area contributed by atoms with Crippen molar-refractivity contribution < 1.29 is 9.53 Å². The summed E-state index contributed by atoms with van der Waals surface area (Å²) in [6.45, 7) is 4.82. The lowest BCUT2D eigenvalue weighted by Crippen LogP contribution is -2.38. The van der Waals surface area contributed by atoms with Crippen LogP contribution in [0.2, 0.25) is 0 Å². The Balaban J connectivity index is 1.80. The van der Waals surface area contributed by atoms with Crippen LogP contribution in [0.3, 0.4) is 0 Å². The van der Waals surface area contributed by atoms with Crippen LogP contribution >= 0.6 is 0 Å². The number of nitrogens with one attached hydrogen (secondary N) is 1. The van der Waals surface area contributed by atoms with E-state index >= 15 is 0 Å². The van der Waals surface area contributed by atoms with Crippen molar-refractivity contribution in [3.8, 4) is 5.75 Å². The second-order valence-electron chi connectivity index (χ2n) is 6.21. The van der Waals surface area contributed by atoms with Crippen molar-refractivity contribution in [1.82, 2.24) is 10.2 Å². The Bertz CT molecular complexity index is 517. The average Bonchev–Trinajstić information content (AvgIpc) is 3.15. The fourth-order valence-electron chi connectivity index (χ4n) is 3.58. The Morgan fingerprint density at radius 1 is 1.38 bits per heavy atom. The summed E-state index contributed by atoms with van der Waals surface area (Å²) in [6.07, 6.45) is 2.13. The summed E-state index contributed by atoms with van der Waals surface area (Å²) < 4.78 is 5.31. The minimum absolute atomic E-state index is 0.135. The van der Waals surface area contributed by atoms with E-state index in [9.17, 15) is 4.79 Å². The molecule has 3 atom stereocenters. The maximum Gasteiger partial charge on any atom is 0.227 e. The summed E-state index contributed by atoms with van der Waals surface area (Å²) >= 11 is 0. The molecule has 3 rings (SSSR count). The molecule has 2 fully saturated rings. The third-order valence-corrected chi connectivity index (χ3v) is 4.85. The summed E-state index contributed by atoms with van der Waals surface area (Å²) in [5.74, 6) is 1.75. The van der Waals surface area contributed by atoms with Gasteiger partial charge in [-0.1, -0.05) is 19.1 Å². The molecule has 0 aliphatic carbocycles. The van der Waals surface area contributed by atoms with E-state index in [0.717, 1.165) is 38.2 Å². The molecule has 1 aromatic carbocycles. The second kappa shape index (κ2) is 6.06. The Labute approximate surface area is 126 Å². The minimum atomic E-state index is 0.135. The van der Waals surface area contributed by atoms with Gasteiger partial charge in [0, 0.05) is 13.1 Å². The van der Waals surface area contributed by atoms with Crippen molar-refractivity contribution in [1.29, 1.82) is 0 Å². The minimum Gasteiger partial charge on any atom is -0.497 e. The van der Waals surface area contributed by atoms with Crippen LogP contribution in [0.25, 0.3) is 0 Å². The van der Waals surface area contributed by atoms with E-state index < -0.39 is 0 Å². The highest BCUT2D eigenvalue weighted by atomic mass is 16.5. The van der Waals surface area contributed by atoms with Crippen LogP contribution in [0.4, 0.5) is 0 Å². The molecule has 0 saturated carbocycles. The smallest absolute Gasteiger partial charge is 0.227 e. The van der Waals surface area contributed by atoms with Gasteiger partial charge in [0.05, 0.1) is 19.1 Å². The van der Waals surface area contributed by atoms with Crippen molar-refractivity contribution >= 4 is 5.91 Å². The summed E-state index contributed by atoms with van der Waals surface area (Å²) in [6, 6.07) is 8.34. The van der Waals surface area contributed by atoms with E-state index in [2.05, 4.69) is 29.3 Å². The van der Waals surface area contributed by atoms with Crippen LogP contribution < -0.4 is 10.1 Å². The van der Waals surface area contributed by atoms with Gasteiger partial charge in [-0.25, -0.2) is 0 Å². The molecular weight excluding hydrogens is 264 g/mol. The molecular formula is C17H24N2O2. The number of ether oxygens (including phenoxy) is 1. The number of nitrogens with zero attached hydrogens (tertiary/aromatic N) is 1. The molecule has 0 aromatic heterocycles. The highest BCUT2D eigenvalue weighted by molar-refractivity contribution is 5.80. The molecule has 4 heteroatoms. The Hall–Kier alpha value is -1.55. The number of amides is 1. The third kappa shape index (κ3) is 2.77. The fourth-order valence-corrected chi connectivity index (χ4v) is 3.58. The molecule has 3 unspecified atom stereocenters. The highest BCUT2D eigenvalue weighted by Crippen LogP contribution is 2.35. The SMILES string of the molecule is COc1cccc(C2CCCN2C(=O)C2CNCC2C)c1. The summed E-state index contributed by atoms with van der Waals surface area (Å²) in [5.41, 5.74) is 1.19. The summed E-state index contributed by atoms with van der Waals surface area (Å²) in [4.78, 5) is 14.9. The second-order valence-corrected chi connectivity index (χ2v) is 6.21. The number of carbonyl (C=O) groups excluding carboxylic acids is 1. The first-order valence-electron chi connectivity index (χ1n) is 7.86. The maximum atomic E-state index is 12.9. The van der Waals surface area contributed by atoms with Crippen molar-refractivity contribution in [2.75, 3.05) is 26.7 Å². The van der Waals surface area contributed by atoms with E-state index in [4.69, 9.17) is 4.74 Å². The molecule has 2 heterocycles. The fraction of sp³-hybridized carbons (Fsp3) is 0.588. The van der Waals surface area contributed by atoms with Gasteiger partial charge in [-0.3, -0.25) is 4.79 Å². The van der Waals surface area contributed by atoms with Gasteiger partial charge in [0.2, 0.25) is 5.91 Å². The molecule has 0 bridgehead atoms. The average molecular weight is 288 g/mol. The zero-order chi connectivity index (χ0) is 14.8. The number of benzene rings is 1. The van der Waals surface area contributed by atoms with Crippen LogP contribution in [-0.2, 0) is 4.79 Å². The number of methoxy groups -OCH3 is 1. The van der Waals surface area contributed by atoms with Gasteiger partial charge in [-0.15, -0.1) is 0 Å². The van der Waals surface area contributed by atoms with E-state index in [1.54, 1.807) is 7.11 Å². The van der Waals surface area contributed by atoms with Crippen molar-refractivity contribution in [3.05, 3.63) is 29.8 Å². The summed E-state index contributed by atoms with van der Waals surface area (Å²) in [5, 5.41) is 3.33. The van der Waals surface area contributed by atoms with Crippen LogP contribution in [0, 0.1) is 11.8 Å². The van der Waals surface area contributed by atoms with Crippen molar-refractivity contribution in [2.45, 2.75) is 25.8 Å². The van der Waals surface area contributed by atoms with Gasteiger partial charge in [0.15, 0.2) is 0 Å². The van der Waals surface area contributed by atoms with Gasteiger partial charge >= 0.3 is 0 Å². The monoisotopic (exact) mass is 288 g/mol. The molecule has 0 radical (unpaired) electrons. The molecule has 4 nitrogen and oxygen atoms in total. The quantitative estimate of drug-likeness (QED) is 0.927. The molecule has 21 heavy (non-hydrogen) atoms. The largest absolute Gasteiger partial charge is 0.497 e. The Morgan fingerprint density at radius 2 is 2.24 bits per heavy atom. The lowest BCUT2D eigenvalue weighted by Gasteiger charge is -2.29. The van der Waals surface area contributed by atoms with Gasteiger partial charge < -0.3 is 15.0 Å². The van der Waals surface area contributed by atoms with E-state index in [1.165, 1.54) is 5.56 Å². The zero-order valence-electron chi connectivity index (χ0n) is 12.8. The van der Waals surface area contributed by atoms with Gasteiger partial charge in [-0.05, 0) is 43.0 Å². The molecule has 2 saturated heterocycles. The number of hydrogen-bond donors (Lipinski definition) is 1. The maximum absolute atomic E-state index is 12.9. The van der Waals surface area contributed by atoms with Crippen molar-refractivity contribution in [3.63, 3.8) is 0 Å². The number of rotatable bonds is 3. The first-order valence-corrected chi connectivity index (χ1v) is 7.86. The molecule has 0 spiro atoms. The predicted molar refractivity (Wildman–Crippen MR) is 82.2 cm³/mol. The van der Waals surface area contributed by atoms with Crippen LogP contribution in [0.5, 0.6) is 5.75 Å². The normalized spacial score (nSPS) is 28.9. The van der Waals surface area contributed by atoms with E-state index in [-0.39, 0.29) is 12.0 Å². The molecule has 2 aliphatic rings. The molecule has 1 aromatic rings. The van der Waals surface area contributed by atoms with E-state index in [1.807, 2.05) is 12.1 Å². The Morgan fingerprint density at radius 3 is 2.95 bits per heavy atom. The van der Waals surface area contributed by atoms with Gasteiger partial charge in [0.25, 0.3) is 0 Å². The third-order valence-electron chi connectivity index (χ3n) is 4.85. The van der Waals surface area contributed by atoms with E-state index in [0.29, 0.717) is 11.8 Å². The molecule has 2 aliphatic heterocycles. The predicted octanol–water partition coefficient (Wildman–Crippen LogP) is 2.21. The van der Waals surface area contributed by atoms with Crippen molar-refractivity contribution in [2.24, 2.45) is 11.8 Å². The number of hydrogen-bond acceptors (Lipinski definition) is 3. The molecule has 114 valence electrons. The zero-order valence-corrected chi connectivity index (χ0v) is 12.8. The summed E-state index contributed by atoms with van der Waals surface area (Å²) in [7, 11) is 1.68.